The van der Waals surface area contributed by atoms with Gasteiger partial charge in [0, 0.05) is 24.0 Å². The van der Waals surface area contributed by atoms with Gasteiger partial charge in [-0.05, 0) is 24.3 Å². The first kappa shape index (κ1) is 15.3. The number of alkyl halides is 3. The summed E-state index contributed by atoms with van der Waals surface area (Å²) in [5.74, 6) is -0.989. The minimum absolute atomic E-state index is 0.276. The number of amides is 1. The van der Waals surface area contributed by atoms with E-state index in [0.29, 0.717) is 4.83 Å². The normalized spacial score (nSPS) is 12.6. The van der Waals surface area contributed by atoms with E-state index in [2.05, 4.69) is 15.0 Å². The number of fused-ring (bicyclic) bond motifs is 1. The van der Waals surface area contributed by atoms with Crippen molar-refractivity contribution in [1.82, 2.24) is 9.97 Å². The average molecular weight is 335 g/mol. The minimum atomic E-state index is -4.64. The number of aromatic nitrogens is 2. The first-order valence-corrected chi connectivity index (χ1v) is 7.22. The molecule has 3 aromatic heterocycles. The lowest BCUT2D eigenvalue weighted by molar-refractivity contribution is -0.138. The lowest BCUT2D eigenvalue weighted by atomic mass is 10.1. The molecule has 3 aromatic rings. The zero-order chi connectivity index (χ0) is 16.4. The third-order valence-electron chi connectivity index (χ3n) is 2.98. The van der Waals surface area contributed by atoms with Gasteiger partial charge in [0.05, 0.1) is 11.1 Å². The zero-order valence-electron chi connectivity index (χ0n) is 11.4. The molecule has 3 rings (SSSR count). The van der Waals surface area contributed by atoms with Gasteiger partial charge in [0.1, 0.15) is 9.50 Å². The third-order valence-corrected chi connectivity index (χ3v) is 3.95. The number of hydrogen-bond donors (Lipinski definition) is 0. The van der Waals surface area contributed by atoms with Gasteiger partial charge in [0.2, 0.25) is 0 Å². The Morgan fingerprint density at radius 1 is 1.13 bits per heavy atom. The standard InChI is InChI=1S/C15H8F3N3OS/c16-15(17,18)11-5-7-19-8-10(11)13(22)21-12-4-3-9-2-1-6-20-14(9)23-12/h1-8H. The second-order valence-corrected chi connectivity index (χ2v) is 5.52. The maximum Gasteiger partial charge on any atom is 0.417 e. The predicted molar refractivity (Wildman–Crippen MR) is 78.8 cm³/mol. The molecule has 0 bridgehead atoms. The molecule has 0 aromatic carbocycles. The summed E-state index contributed by atoms with van der Waals surface area (Å²) in [5, 5.41) is 0.862. The average Bonchev–Trinajstić information content (AvgIpc) is 2.54. The van der Waals surface area contributed by atoms with E-state index in [1.807, 2.05) is 6.07 Å². The summed E-state index contributed by atoms with van der Waals surface area (Å²) in [6, 6.07) is 7.64. The molecule has 0 fully saturated rings. The molecule has 0 N–H and O–H groups in total. The fourth-order valence-electron chi connectivity index (χ4n) is 1.94. The highest BCUT2D eigenvalue weighted by atomic mass is 32.1. The largest absolute Gasteiger partial charge is 0.417 e. The number of pyridine rings is 2. The van der Waals surface area contributed by atoms with E-state index < -0.39 is 23.2 Å². The number of halogens is 3. The molecule has 23 heavy (non-hydrogen) atoms. The topological polar surface area (TPSA) is 55.2 Å². The summed E-state index contributed by atoms with van der Waals surface area (Å²) < 4.78 is 39.1. The van der Waals surface area contributed by atoms with E-state index in [9.17, 15) is 18.0 Å². The summed E-state index contributed by atoms with van der Waals surface area (Å²) in [6.07, 6.45) is -1.19. The molecule has 0 radical (unpaired) electrons. The lowest BCUT2D eigenvalue weighted by Crippen LogP contribution is -2.14. The van der Waals surface area contributed by atoms with Gasteiger partial charge in [0.25, 0.3) is 5.91 Å². The van der Waals surface area contributed by atoms with Gasteiger partial charge >= 0.3 is 6.18 Å². The lowest BCUT2D eigenvalue weighted by Gasteiger charge is -2.09. The van der Waals surface area contributed by atoms with Crippen molar-refractivity contribution in [2.45, 2.75) is 6.18 Å². The minimum Gasteiger partial charge on any atom is -0.267 e. The molecule has 0 aliphatic carbocycles. The zero-order valence-corrected chi connectivity index (χ0v) is 12.2. The molecule has 1 amide bonds. The molecular weight excluding hydrogens is 327 g/mol. The quantitative estimate of drug-likeness (QED) is 0.684. The fourth-order valence-corrected chi connectivity index (χ4v) is 2.77. The summed E-state index contributed by atoms with van der Waals surface area (Å²) in [5.41, 5.74) is -1.63. The van der Waals surface area contributed by atoms with Gasteiger partial charge in [-0.25, -0.2) is 4.98 Å². The van der Waals surface area contributed by atoms with Crippen LogP contribution in [0.5, 0.6) is 0 Å². The van der Waals surface area contributed by atoms with Crippen molar-refractivity contribution in [2.75, 3.05) is 0 Å². The van der Waals surface area contributed by atoms with Crippen LogP contribution in [-0.4, -0.2) is 15.9 Å². The molecule has 0 atom stereocenters. The van der Waals surface area contributed by atoms with Crippen LogP contribution in [0.2, 0.25) is 0 Å². The number of rotatable bonds is 1. The van der Waals surface area contributed by atoms with Gasteiger partial charge in [-0.3, -0.25) is 9.78 Å². The van der Waals surface area contributed by atoms with E-state index in [0.717, 1.165) is 35.2 Å². The van der Waals surface area contributed by atoms with E-state index >= 15 is 0 Å². The molecule has 0 aliphatic heterocycles. The van der Waals surface area contributed by atoms with Crippen LogP contribution in [0.3, 0.4) is 0 Å². The van der Waals surface area contributed by atoms with Crippen LogP contribution >= 0.6 is 11.3 Å². The molecule has 3 heterocycles. The Morgan fingerprint density at radius 3 is 2.74 bits per heavy atom. The Hall–Kier alpha value is -2.61. The van der Waals surface area contributed by atoms with Crippen LogP contribution in [0.1, 0.15) is 15.9 Å². The summed E-state index contributed by atoms with van der Waals surface area (Å²) in [6.45, 7) is 0. The molecule has 4 nitrogen and oxygen atoms in total. The van der Waals surface area contributed by atoms with Crippen molar-refractivity contribution in [3.05, 3.63) is 64.7 Å². The Labute approximate surface area is 132 Å². The Bertz CT molecular complexity index is 950. The predicted octanol–water partition coefficient (Wildman–Crippen LogP) is 3.45. The maximum atomic E-state index is 12.9. The number of hydrogen-bond acceptors (Lipinski definition) is 4. The van der Waals surface area contributed by atoms with Crippen LogP contribution < -0.4 is 4.67 Å². The molecule has 8 heteroatoms. The van der Waals surface area contributed by atoms with Crippen LogP contribution in [0, 0.1) is 0 Å². The van der Waals surface area contributed by atoms with Crippen molar-refractivity contribution in [1.29, 1.82) is 0 Å². The second kappa shape index (κ2) is 5.88. The highest BCUT2D eigenvalue weighted by Crippen LogP contribution is 2.31. The summed E-state index contributed by atoms with van der Waals surface area (Å²) in [4.78, 5) is 24.2. The van der Waals surface area contributed by atoms with Crippen LogP contribution in [0.15, 0.2) is 53.9 Å². The molecule has 0 aliphatic rings. The Balaban J connectivity index is 2.07. The van der Waals surface area contributed by atoms with E-state index in [-0.39, 0.29) is 4.67 Å². The van der Waals surface area contributed by atoms with Gasteiger partial charge in [-0.2, -0.15) is 18.2 Å². The summed E-state index contributed by atoms with van der Waals surface area (Å²) in [7, 11) is 0. The van der Waals surface area contributed by atoms with E-state index in [4.69, 9.17) is 0 Å². The third kappa shape index (κ3) is 3.26. The number of carbonyl (C=O) groups is 1. The SMILES string of the molecule is O=C(N=c1ccc2cccnc2s1)c1cnccc1C(F)(F)F. The van der Waals surface area contributed by atoms with E-state index in [1.54, 1.807) is 24.4 Å². The van der Waals surface area contributed by atoms with Crippen molar-refractivity contribution in [3.8, 4) is 0 Å². The molecule has 116 valence electrons. The van der Waals surface area contributed by atoms with Crippen LogP contribution in [-0.2, 0) is 6.18 Å². The molecule has 0 unspecified atom stereocenters. The Kier molecular flexibility index (Phi) is 3.91. The van der Waals surface area contributed by atoms with Crippen molar-refractivity contribution in [2.24, 2.45) is 4.99 Å². The molecule has 0 saturated heterocycles. The van der Waals surface area contributed by atoms with Crippen molar-refractivity contribution < 1.29 is 18.0 Å². The van der Waals surface area contributed by atoms with Gasteiger partial charge in [-0.15, -0.1) is 0 Å². The second-order valence-electron chi connectivity index (χ2n) is 4.51. The first-order valence-electron chi connectivity index (χ1n) is 6.40. The first-order chi connectivity index (χ1) is 10.9. The van der Waals surface area contributed by atoms with Crippen molar-refractivity contribution >= 4 is 27.5 Å². The van der Waals surface area contributed by atoms with Crippen molar-refractivity contribution in [3.63, 3.8) is 0 Å². The Morgan fingerprint density at radius 2 is 1.96 bits per heavy atom. The van der Waals surface area contributed by atoms with Gasteiger partial charge in [0.15, 0.2) is 0 Å². The molecular formula is C15H8F3N3OS. The van der Waals surface area contributed by atoms with Gasteiger partial charge < -0.3 is 0 Å². The van der Waals surface area contributed by atoms with Gasteiger partial charge in [-0.1, -0.05) is 17.4 Å². The van der Waals surface area contributed by atoms with Crippen LogP contribution in [0.25, 0.3) is 10.2 Å². The number of carbonyl (C=O) groups excluding carboxylic acids is 1. The molecule has 0 spiro atoms. The highest BCUT2D eigenvalue weighted by molar-refractivity contribution is 7.15. The maximum absolute atomic E-state index is 12.9. The van der Waals surface area contributed by atoms with Crippen LogP contribution in [0.4, 0.5) is 13.2 Å². The fraction of sp³-hybridized carbons (Fsp3) is 0.0667. The summed E-state index contributed by atoms with van der Waals surface area (Å²) >= 11 is 1.12. The smallest absolute Gasteiger partial charge is 0.267 e. The van der Waals surface area contributed by atoms with E-state index in [1.165, 1.54) is 0 Å². The molecule has 0 saturated carbocycles. The highest BCUT2D eigenvalue weighted by Gasteiger charge is 2.35. The monoisotopic (exact) mass is 335 g/mol. The number of nitrogens with zero attached hydrogens (tertiary/aromatic N) is 3.